The lowest BCUT2D eigenvalue weighted by Crippen LogP contribution is -2.38. The Bertz CT molecular complexity index is 465. The molecule has 3 unspecified atom stereocenters. The monoisotopic (exact) mass is 282 g/mol. The van der Waals surface area contributed by atoms with E-state index < -0.39 is 0 Å². The third-order valence-electron chi connectivity index (χ3n) is 4.62. The van der Waals surface area contributed by atoms with E-state index in [9.17, 15) is 4.39 Å². The second-order valence-electron chi connectivity index (χ2n) is 5.96. The predicted molar refractivity (Wildman–Crippen MR) is 75.5 cm³/mol. The first-order valence-electron chi connectivity index (χ1n) is 7.05. The summed E-state index contributed by atoms with van der Waals surface area (Å²) < 4.78 is 13.1. The fourth-order valence-corrected chi connectivity index (χ4v) is 3.84. The van der Waals surface area contributed by atoms with E-state index in [1.54, 1.807) is 6.07 Å². The first kappa shape index (κ1) is 13.3. The van der Waals surface area contributed by atoms with Crippen LogP contribution in [0.5, 0.6) is 0 Å². The number of nitrogens with two attached hydrogens (primary N) is 1. The number of benzene rings is 1. The molecule has 3 rings (SSSR count). The van der Waals surface area contributed by atoms with Crippen LogP contribution in [-0.2, 0) is 6.54 Å². The van der Waals surface area contributed by atoms with Crippen molar-refractivity contribution in [3.63, 3.8) is 0 Å². The number of hydrogen-bond acceptors (Lipinski definition) is 2. The molecule has 1 aliphatic carbocycles. The van der Waals surface area contributed by atoms with Crippen molar-refractivity contribution >= 4 is 11.6 Å². The van der Waals surface area contributed by atoms with Gasteiger partial charge in [0.2, 0.25) is 0 Å². The molecule has 1 saturated heterocycles. The molecule has 1 aromatic carbocycles. The number of rotatable bonds is 2. The van der Waals surface area contributed by atoms with E-state index >= 15 is 0 Å². The summed E-state index contributed by atoms with van der Waals surface area (Å²) >= 11 is 5.83. The maximum absolute atomic E-state index is 13.1. The van der Waals surface area contributed by atoms with Crippen molar-refractivity contribution in [1.29, 1.82) is 0 Å². The van der Waals surface area contributed by atoms with E-state index in [1.165, 1.54) is 18.9 Å². The van der Waals surface area contributed by atoms with Gasteiger partial charge in [-0.3, -0.25) is 4.90 Å². The normalized spacial score (nSPS) is 31.4. The number of hydrogen-bond donors (Lipinski definition) is 1. The van der Waals surface area contributed by atoms with Gasteiger partial charge in [-0.2, -0.15) is 0 Å². The zero-order chi connectivity index (χ0) is 13.4. The van der Waals surface area contributed by atoms with Gasteiger partial charge in [0, 0.05) is 25.7 Å². The molecule has 0 amide bonds. The average Bonchev–Trinajstić information content (AvgIpc) is 2.78. The van der Waals surface area contributed by atoms with Gasteiger partial charge in [-0.15, -0.1) is 0 Å². The van der Waals surface area contributed by atoms with Gasteiger partial charge in [0.15, 0.2) is 0 Å². The van der Waals surface area contributed by atoms with E-state index in [0.29, 0.717) is 12.0 Å². The molecule has 2 fully saturated rings. The van der Waals surface area contributed by atoms with Crippen LogP contribution in [0.15, 0.2) is 18.2 Å². The summed E-state index contributed by atoms with van der Waals surface area (Å²) in [5.41, 5.74) is 7.30. The Morgan fingerprint density at radius 1 is 1.32 bits per heavy atom. The van der Waals surface area contributed by atoms with Crippen molar-refractivity contribution in [2.24, 2.45) is 17.6 Å². The first-order chi connectivity index (χ1) is 9.13. The van der Waals surface area contributed by atoms with E-state index in [0.717, 1.165) is 37.5 Å². The maximum Gasteiger partial charge on any atom is 0.141 e. The SMILES string of the molecule is NC1CCCC2CN(Cc3ccc(F)c(Cl)c3)CC12. The van der Waals surface area contributed by atoms with Crippen molar-refractivity contribution in [2.75, 3.05) is 13.1 Å². The van der Waals surface area contributed by atoms with Crippen LogP contribution in [0.3, 0.4) is 0 Å². The zero-order valence-corrected chi connectivity index (χ0v) is 11.7. The van der Waals surface area contributed by atoms with Crippen LogP contribution in [0.4, 0.5) is 4.39 Å². The fraction of sp³-hybridized carbons (Fsp3) is 0.600. The van der Waals surface area contributed by atoms with Gasteiger partial charge in [0.05, 0.1) is 5.02 Å². The lowest BCUT2D eigenvalue weighted by Gasteiger charge is -2.29. The first-order valence-corrected chi connectivity index (χ1v) is 7.43. The smallest absolute Gasteiger partial charge is 0.141 e. The Kier molecular flexibility index (Phi) is 3.79. The summed E-state index contributed by atoms with van der Waals surface area (Å²) in [6.07, 6.45) is 3.73. The van der Waals surface area contributed by atoms with Gasteiger partial charge in [0.25, 0.3) is 0 Å². The van der Waals surface area contributed by atoms with Crippen molar-refractivity contribution in [3.8, 4) is 0 Å². The van der Waals surface area contributed by atoms with Gasteiger partial charge >= 0.3 is 0 Å². The molecule has 3 atom stereocenters. The molecular formula is C15H20ClFN2. The molecule has 2 nitrogen and oxygen atoms in total. The number of halogens is 2. The molecule has 0 bridgehead atoms. The molecule has 104 valence electrons. The Morgan fingerprint density at radius 3 is 2.89 bits per heavy atom. The second-order valence-corrected chi connectivity index (χ2v) is 6.37. The summed E-state index contributed by atoms with van der Waals surface area (Å²) in [5, 5.41) is 0.214. The summed E-state index contributed by atoms with van der Waals surface area (Å²) in [4.78, 5) is 2.43. The Morgan fingerprint density at radius 2 is 2.16 bits per heavy atom. The van der Waals surface area contributed by atoms with Crippen LogP contribution in [0, 0.1) is 17.7 Å². The summed E-state index contributed by atoms with van der Waals surface area (Å²) in [6, 6.07) is 5.37. The Hall–Kier alpha value is -0.640. The maximum atomic E-state index is 13.1. The summed E-state index contributed by atoms with van der Waals surface area (Å²) in [7, 11) is 0. The molecule has 2 N–H and O–H groups in total. The predicted octanol–water partition coefficient (Wildman–Crippen LogP) is 3.04. The van der Waals surface area contributed by atoms with Crippen LogP contribution in [0.2, 0.25) is 5.02 Å². The Balaban J connectivity index is 1.66. The van der Waals surface area contributed by atoms with Gasteiger partial charge in [-0.25, -0.2) is 4.39 Å². The van der Waals surface area contributed by atoms with Crippen molar-refractivity contribution in [2.45, 2.75) is 31.8 Å². The number of fused-ring (bicyclic) bond motifs is 1. The van der Waals surface area contributed by atoms with E-state index in [1.807, 2.05) is 6.07 Å². The standard InChI is InChI=1S/C15H20ClFN2/c16-13-6-10(4-5-14(13)17)7-19-8-11-2-1-3-15(18)12(11)9-19/h4-6,11-12,15H,1-3,7-9,18H2. The molecule has 0 spiro atoms. The average molecular weight is 283 g/mol. The van der Waals surface area contributed by atoms with Gasteiger partial charge < -0.3 is 5.73 Å². The van der Waals surface area contributed by atoms with Gasteiger partial charge in [-0.05, 0) is 42.4 Å². The molecule has 1 saturated carbocycles. The van der Waals surface area contributed by atoms with E-state index in [4.69, 9.17) is 17.3 Å². The van der Waals surface area contributed by atoms with Crippen LogP contribution in [0.25, 0.3) is 0 Å². The van der Waals surface area contributed by atoms with Crippen LogP contribution >= 0.6 is 11.6 Å². The zero-order valence-electron chi connectivity index (χ0n) is 11.0. The number of nitrogens with zero attached hydrogens (tertiary/aromatic N) is 1. The van der Waals surface area contributed by atoms with Gasteiger partial charge in [0.1, 0.15) is 5.82 Å². The highest BCUT2D eigenvalue weighted by Crippen LogP contribution is 2.36. The second kappa shape index (κ2) is 5.39. The molecule has 1 aromatic rings. The summed E-state index contributed by atoms with van der Waals surface area (Å²) in [6.45, 7) is 3.04. The summed E-state index contributed by atoms with van der Waals surface area (Å²) in [5.74, 6) is 1.05. The van der Waals surface area contributed by atoms with Crippen LogP contribution in [0.1, 0.15) is 24.8 Å². The molecular weight excluding hydrogens is 263 g/mol. The minimum absolute atomic E-state index is 0.214. The third kappa shape index (κ3) is 2.78. The highest BCUT2D eigenvalue weighted by molar-refractivity contribution is 6.30. The Labute approximate surface area is 118 Å². The molecule has 1 heterocycles. The van der Waals surface area contributed by atoms with Crippen LogP contribution in [-0.4, -0.2) is 24.0 Å². The highest BCUT2D eigenvalue weighted by atomic mass is 35.5. The van der Waals surface area contributed by atoms with Gasteiger partial charge in [-0.1, -0.05) is 24.1 Å². The fourth-order valence-electron chi connectivity index (χ4n) is 3.63. The minimum Gasteiger partial charge on any atom is -0.327 e. The highest BCUT2D eigenvalue weighted by Gasteiger charge is 2.38. The van der Waals surface area contributed by atoms with E-state index in [-0.39, 0.29) is 10.8 Å². The lowest BCUT2D eigenvalue weighted by atomic mass is 9.78. The van der Waals surface area contributed by atoms with Crippen LogP contribution < -0.4 is 5.73 Å². The molecule has 0 aromatic heterocycles. The topological polar surface area (TPSA) is 29.3 Å². The molecule has 2 aliphatic rings. The molecule has 0 radical (unpaired) electrons. The quantitative estimate of drug-likeness (QED) is 0.903. The number of likely N-dealkylation sites (tertiary alicyclic amines) is 1. The minimum atomic E-state index is -0.345. The van der Waals surface area contributed by atoms with Crippen molar-refractivity contribution in [1.82, 2.24) is 4.90 Å². The van der Waals surface area contributed by atoms with Crippen molar-refractivity contribution < 1.29 is 4.39 Å². The molecule has 19 heavy (non-hydrogen) atoms. The molecule has 1 aliphatic heterocycles. The van der Waals surface area contributed by atoms with E-state index in [2.05, 4.69) is 4.90 Å². The third-order valence-corrected chi connectivity index (χ3v) is 4.91. The lowest BCUT2D eigenvalue weighted by molar-refractivity contribution is 0.259. The van der Waals surface area contributed by atoms with Crippen molar-refractivity contribution in [3.05, 3.63) is 34.6 Å². The molecule has 4 heteroatoms. The largest absolute Gasteiger partial charge is 0.327 e.